The Labute approximate surface area is 120 Å². The van der Waals surface area contributed by atoms with Gasteiger partial charge in [-0.15, -0.1) is 11.3 Å². The van der Waals surface area contributed by atoms with E-state index in [1.165, 1.54) is 23.5 Å². The minimum atomic E-state index is -0.999. The highest BCUT2D eigenvalue weighted by atomic mass is 32.1. The first-order valence-corrected chi connectivity index (χ1v) is 7.06. The standard InChI is InChI=1S/C15H15FO3S/c1-3-12-7-13(14(20-12)15(17)18)19-8-10-6-11(16)5-4-9(10)2/h4-7H,3,8H2,1-2H3,(H,17,18). The van der Waals surface area contributed by atoms with E-state index < -0.39 is 5.97 Å². The van der Waals surface area contributed by atoms with Gasteiger partial charge in [-0.3, -0.25) is 0 Å². The number of aryl methyl sites for hydroxylation is 2. The van der Waals surface area contributed by atoms with Crippen molar-refractivity contribution in [3.63, 3.8) is 0 Å². The van der Waals surface area contributed by atoms with Gasteiger partial charge in [0.15, 0.2) is 4.88 Å². The molecule has 0 amide bonds. The summed E-state index contributed by atoms with van der Waals surface area (Å²) in [4.78, 5) is 12.3. The van der Waals surface area contributed by atoms with Gasteiger partial charge in [0.1, 0.15) is 18.2 Å². The van der Waals surface area contributed by atoms with Crippen LogP contribution in [0.5, 0.6) is 5.75 Å². The van der Waals surface area contributed by atoms with Crippen molar-refractivity contribution in [3.05, 3.63) is 51.0 Å². The summed E-state index contributed by atoms with van der Waals surface area (Å²) in [5.41, 5.74) is 1.62. The molecule has 0 aliphatic carbocycles. The number of carboxylic acid groups (broad SMARTS) is 1. The summed E-state index contributed by atoms with van der Waals surface area (Å²) < 4.78 is 18.8. The molecular formula is C15H15FO3S. The molecule has 106 valence electrons. The highest BCUT2D eigenvalue weighted by Crippen LogP contribution is 2.30. The molecule has 0 atom stereocenters. The first-order chi connectivity index (χ1) is 9.51. The third kappa shape index (κ3) is 3.17. The SMILES string of the molecule is CCc1cc(OCc2cc(F)ccc2C)c(C(=O)O)s1. The van der Waals surface area contributed by atoms with E-state index in [9.17, 15) is 9.18 Å². The van der Waals surface area contributed by atoms with E-state index in [1.54, 1.807) is 12.1 Å². The van der Waals surface area contributed by atoms with Crippen LogP contribution in [0.15, 0.2) is 24.3 Å². The highest BCUT2D eigenvalue weighted by Gasteiger charge is 2.16. The maximum absolute atomic E-state index is 13.2. The van der Waals surface area contributed by atoms with E-state index in [0.717, 1.165) is 16.9 Å². The molecule has 20 heavy (non-hydrogen) atoms. The topological polar surface area (TPSA) is 46.5 Å². The number of thiophene rings is 1. The lowest BCUT2D eigenvalue weighted by Gasteiger charge is -2.08. The Bertz CT molecular complexity index is 634. The maximum atomic E-state index is 13.2. The molecule has 2 rings (SSSR count). The van der Waals surface area contributed by atoms with Crippen LogP contribution in [0.4, 0.5) is 4.39 Å². The summed E-state index contributed by atoms with van der Waals surface area (Å²) in [6.07, 6.45) is 0.757. The van der Waals surface area contributed by atoms with E-state index in [-0.39, 0.29) is 17.3 Å². The van der Waals surface area contributed by atoms with Crippen molar-refractivity contribution in [1.29, 1.82) is 0 Å². The predicted molar refractivity (Wildman–Crippen MR) is 76.1 cm³/mol. The molecule has 5 heteroatoms. The quantitative estimate of drug-likeness (QED) is 0.905. The highest BCUT2D eigenvalue weighted by molar-refractivity contribution is 7.14. The van der Waals surface area contributed by atoms with Crippen molar-refractivity contribution in [3.8, 4) is 5.75 Å². The second kappa shape index (κ2) is 6.05. The third-order valence-electron chi connectivity index (χ3n) is 2.99. The van der Waals surface area contributed by atoms with E-state index in [1.807, 2.05) is 13.8 Å². The number of hydrogen-bond donors (Lipinski definition) is 1. The van der Waals surface area contributed by atoms with Crippen LogP contribution in [0, 0.1) is 12.7 Å². The summed E-state index contributed by atoms with van der Waals surface area (Å²) >= 11 is 1.21. The van der Waals surface area contributed by atoms with Gasteiger partial charge in [0.25, 0.3) is 0 Å². The number of carbonyl (C=O) groups is 1. The Hall–Kier alpha value is -1.88. The Morgan fingerprint density at radius 3 is 2.80 bits per heavy atom. The molecule has 0 fully saturated rings. The normalized spacial score (nSPS) is 10.6. The molecule has 0 saturated carbocycles. The van der Waals surface area contributed by atoms with Crippen LogP contribution in [0.2, 0.25) is 0 Å². The minimum absolute atomic E-state index is 0.157. The Morgan fingerprint density at radius 1 is 1.40 bits per heavy atom. The number of halogens is 1. The zero-order chi connectivity index (χ0) is 14.7. The summed E-state index contributed by atoms with van der Waals surface area (Å²) in [6, 6.07) is 6.21. The maximum Gasteiger partial charge on any atom is 0.349 e. The number of benzene rings is 1. The fourth-order valence-electron chi connectivity index (χ4n) is 1.80. The van der Waals surface area contributed by atoms with E-state index >= 15 is 0 Å². The zero-order valence-corrected chi connectivity index (χ0v) is 12.1. The van der Waals surface area contributed by atoms with Crippen molar-refractivity contribution in [2.45, 2.75) is 26.9 Å². The average molecular weight is 294 g/mol. The molecule has 1 heterocycles. The average Bonchev–Trinajstić information content (AvgIpc) is 2.83. The van der Waals surface area contributed by atoms with Gasteiger partial charge >= 0.3 is 5.97 Å². The molecule has 0 radical (unpaired) electrons. The number of rotatable bonds is 5. The molecule has 0 aliphatic rings. The fourth-order valence-corrected chi connectivity index (χ4v) is 2.68. The number of carboxylic acids is 1. The Kier molecular flexibility index (Phi) is 4.39. The van der Waals surface area contributed by atoms with Crippen molar-refractivity contribution in [1.82, 2.24) is 0 Å². The van der Waals surface area contributed by atoms with Crippen LogP contribution in [0.25, 0.3) is 0 Å². The summed E-state index contributed by atoms with van der Waals surface area (Å²) in [5.74, 6) is -0.976. The van der Waals surface area contributed by atoms with Gasteiger partial charge in [-0.1, -0.05) is 13.0 Å². The van der Waals surface area contributed by atoms with Crippen molar-refractivity contribution < 1.29 is 19.0 Å². The van der Waals surface area contributed by atoms with Gasteiger partial charge in [-0.2, -0.15) is 0 Å². The minimum Gasteiger partial charge on any atom is -0.487 e. The Balaban J connectivity index is 2.20. The predicted octanol–water partition coefficient (Wildman–Crippen LogP) is 4.04. The summed E-state index contributed by atoms with van der Waals surface area (Å²) in [7, 11) is 0. The van der Waals surface area contributed by atoms with Crippen LogP contribution < -0.4 is 4.74 Å². The first kappa shape index (κ1) is 14.5. The van der Waals surface area contributed by atoms with Gasteiger partial charge < -0.3 is 9.84 Å². The molecular weight excluding hydrogens is 279 g/mol. The molecule has 0 spiro atoms. The Morgan fingerprint density at radius 2 is 2.15 bits per heavy atom. The zero-order valence-electron chi connectivity index (χ0n) is 11.3. The number of hydrogen-bond acceptors (Lipinski definition) is 3. The number of aromatic carboxylic acids is 1. The van der Waals surface area contributed by atoms with Crippen molar-refractivity contribution in [2.24, 2.45) is 0 Å². The lowest BCUT2D eigenvalue weighted by Crippen LogP contribution is -2.01. The fraction of sp³-hybridized carbons (Fsp3) is 0.267. The van der Waals surface area contributed by atoms with Crippen LogP contribution >= 0.6 is 11.3 Å². The van der Waals surface area contributed by atoms with E-state index in [4.69, 9.17) is 9.84 Å². The molecule has 1 N–H and O–H groups in total. The van der Waals surface area contributed by atoms with Crippen LogP contribution in [-0.2, 0) is 13.0 Å². The summed E-state index contributed by atoms with van der Waals surface area (Å²) in [5, 5.41) is 9.14. The lowest BCUT2D eigenvalue weighted by molar-refractivity contribution is 0.0697. The van der Waals surface area contributed by atoms with Gasteiger partial charge in [0.05, 0.1) is 0 Å². The molecule has 1 aromatic heterocycles. The van der Waals surface area contributed by atoms with Crippen molar-refractivity contribution in [2.75, 3.05) is 0 Å². The third-order valence-corrected chi connectivity index (χ3v) is 4.23. The van der Waals surface area contributed by atoms with Crippen molar-refractivity contribution >= 4 is 17.3 Å². The molecule has 0 saturated heterocycles. The molecule has 3 nitrogen and oxygen atoms in total. The molecule has 0 bridgehead atoms. The van der Waals surface area contributed by atoms with Crippen LogP contribution in [0.3, 0.4) is 0 Å². The monoisotopic (exact) mass is 294 g/mol. The second-order valence-electron chi connectivity index (χ2n) is 4.42. The molecule has 1 aromatic carbocycles. The number of ether oxygens (including phenoxy) is 1. The second-order valence-corrected chi connectivity index (χ2v) is 5.56. The molecule has 2 aromatic rings. The van der Waals surface area contributed by atoms with Crippen LogP contribution in [-0.4, -0.2) is 11.1 Å². The van der Waals surface area contributed by atoms with Crippen LogP contribution in [0.1, 0.15) is 32.6 Å². The lowest BCUT2D eigenvalue weighted by atomic mass is 10.1. The largest absolute Gasteiger partial charge is 0.487 e. The molecule has 0 aliphatic heterocycles. The van der Waals surface area contributed by atoms with Gasteiger partial charge in [-0.05, 0) is 42.7 Å². The van der Waals surface area contributed by atoms with Gasteiger partial charge in [0, 0.05) is 4.88 Å². The van der Waals surface area contributed by atoms with Gasteiger partial charge in [-0.25, -0.2) is 9.18 Å². The molecule has 0 unspecified atom stereocenters. The van der Waals surface area contributed by atoms with E-state index in [0.29, 0.717) is 11.3 Å². The van der Waals surface area contributed by atoms with E-state index in [2.05, 4.69) is 0 Å². The first-order valence-electron chi connectivity index (χ1n) is 6.25. The summed E-state index contributed by atoms with van der Waals surface area (Å²) in [6.45, 7) is 3.98. The smallest absolute Gasteiger partial charge is 0.349 e. The van der Waals surface area contributed by atoms with Gasteiger partial charge in [0.2, 0.25) is 0 Å².